The summed E-state index contributed by atoms with van der Waals surface area (Å²) in [7, 11) is -3.35. The van der Waals surface area contributed by atoms with E-state index in [9.17, 15) is 8.42 Å². The lowest BCUT2D eigenvalue weighted by atomic mass is 10.0. The van der Waals surface area contributed by atoms with Crippen LogP contribution < -0.4 is 0 Å². The van der Waals surface area contributed by atoms with Crippen LogP contribution in [0, 0.1) is 25.7 Å². The molecule has 0 N–H and O–H groups in total. The third-order valence-electron chi connectivity index (χ3n) is 5.28. The molecule has 2 aromatic rings. The molecule has 2 unspecified atom stereocenters. The van der Waals surface area contributed by atoms with Crippen molar-refractivity contribution < 1.29 is 8.42 Å². The van der Waals surface area contributed by atoms with Crippen LogP contribution in [0.4, 0.5) is 0 Å². The Labute approximate surface area is 153 Å². The average molecular weight is 378 g/mol. The van der Waals surface area contributed by atoms with Crippen molar-refractivity contribution in [1.82, 2.24) is 14.2 Å². The monoisotopic (exact) mass is 377 g/mol. The van der Waals surface area contributed by atoms with E-state index in [1.165, 1.54) is 4.88 Å². The average Bonchev–Trinajstić information content (AvgIpc) is 3.22. The highest BCUT2D eigenvalue weighted by Crippen LogP contribution is 2.35. The van der Waals surface area contributed by atoms with E-state index in [1.54, 1.807) is 39.9 Å². The number of hydrogen-bond acceptors (Lipinski definition) is 5. The van der Waals surface area contributed by atoms with E-state index in [1.807, 2.05) is 13.0 Å². The Morgan fingerprint density at radius 1 is 1.08 bits per heavy atom. The summed E-state index contributed by atoms with van der Waals surface area (Å²) in [6.45, 7) is 8.29. The number of aromatic nitrogens is 1. The predicted octanol–water partition coefficient (Wildman–Crippen LogP) is 2.51. The molecule has 134 valence electrons. The van der Waals surface area contributed by atoms with Crippen LogP contribution in [0.25, 0.3) is 0 Å². The Hall–Kier alpha value is -1.28. The Morgan fingerprint density at radius 3 is 2.28 bits per heavy atom. The van der Waals surface area contributed by atoms with Gasteiger partial charge in [0.1, 0.15) is 0 Å². The van der Waals surface area contributed by atoms with Crippen LogP contribution in [0.3, 0.4) is 0 Å². The molecule has 1 aromatic carbocycles. The summed E-state index contributed by atoms with van der Waals surface area (Å²) in [6.07, 6.45) is 0. The second kappa shape index (κ2) is 6.46. The summed E-state index contributed by atoms with van der Waals surface area (Å²) in [5.74, 6) is 0.876. The van der Waals surface area contributed by atoms with Gasteiger partial charge in [-0.3, -0.25) is 4.90 Å². The smallest absolute Gasteiger partial charge is 0.243 e. The van der Waals surface area contributed by atoms with Gasteiger partial charge in [-0.15, -0.1) is 11.3 Å². The largest absolute Gasteiger partial charge is 0.298 e. The molecule has 2 aliphatic heterocycles. The number of fused-ring (bicyclic) bond motifs is 1. The molecule has 4 rings (SSSR count). The fourth-order valence-corrected chi connectivity index (χ4v) is 6.59. The van der Waals surface area contributed by atoms with Gasteiger partial charge in [-0.1, -0.05) is 18.2 Å². The maximum atomic E-state index is 12.8. The number of rotatable bonds is 4. The molecular weight excluding hydrogens is 354 g/mol. The lowest BCUT2D eigenvalue weighted by Gasteiger charge is -2.21. The summed E-state index contributed by atoms with van der Waals surface area (Å²) in [6, 6.07) is 8.78. The molecule has 25 heavy (non-hydrogen) atoms. The lowest BCUT2D eigenvalue weighted by molar-refractivity contribution is 0.291. The molecule has 7 heteroatoms. The second-order valence-electron chi connectivity index (χ2n) is 7.09. The van der Waals surface area contributed by atoms with Crippen molar-refractivity contribution in [2.45, 2.75) is 25.3 Å². The topological polar surface area (TPSA) is 53.5 Å². The zero-order valence-corrected chi connectivity index (χ0v) is 16.2. The van der Waals surface area contributed by atoms with Crippen molar-refractivity contribution in [3.05, 3.63) is 45.9 Å². The van der Waals surface area contributed by atoms with E-state index < -0.39 is 10.0 Å². The number of sulfonamides is 1. The van der Waals surface area contributed by atoms with Crippen LogP contribution >= 0.6 is 11.3 Å². The van der Waals surface area contributed by atoms with Crippen molar-refractivity contribution in [3.8, 4) is 0 Å². The first-order valence-electron chi connectivity index (χ1n) is 8.64. The molecule has 0 radical (unpaired) electrons. The molecule has 2 saturated heterocycles. The molecule has 0 amide bonds. The van der Waals surface area contributed by atoms with Crippen LogP contribution in [0.5, 0.6) is 0 Å². The maximum absolute atomic E-state index is 12.8. The quantitative estimate of drug-likeness (QED) is 0.822. The minimum Gasteiger partial charge on any atom is -0.298 e. The molecule has 5 nitrogen and oxygen atoms in total. The summed E-state index contributed by atoms with van der Waals surface area (Å²) >= 11 is 1.77. The lowest BCUT2D eigenvalue weighted by Crippen LogP contribution is -2.33. The Kier molecular flexibility index (Phi) is 4.43. The van der Waals surface area contributed by atoms with Crippen molar-refractivity contribution in [3.63, 3.8) is 0 Å². The number of thiazole rings is 1. The van der Waals surface area contributed by atoms with Gasteiger partial charge in [-0.05, 0) is 37.8 Å². The van der Waals surface area contributed by atoms with Gasteiger partial charge in [-0.2, -0.15) is 4.31 Å². The predicted molar refractivity (Wildman–Crippen MR) is 99.0 cm³/mol. The van der Waals surface area contributed by atoms with Crippen LogP contribution in [-0.2, 0) is 16.6 Å². The van der Waals surface area contributed by atoms with Gasteiger partial charge in [0.05, 0.1) is 15.6 Å². The first kappa shape index (κ1) is 17.1. The second-order valence-corrected chi connectivity index (χ2v) is 10.3. The summed E-state index contributed by atoms with van der Waals surface area (Å²) in [5, 5.41) is 1.12. The number of aryl methyl sites for hydroxylation is 2. The van der Waals surface area contributed by atoms with Crippen molar-refractivity contribution in [2.75, 3.05) is 26.2 Å². The third kappa shape index (κ3) is 3.26. The highest BCUT2D eigenvalue weighted by molar-refractivity contribution is 7.89. The molecule has 2 fully saturated rings. The molecular formula is C18H23N3O2S2. The van der Waals surface area contributed by atoms with Gasteiger partial charge >= 0.3 is 0 Å². The van der Waals surface area contributed by atoms with E-state index >= 15 is 0 Å². The van der Waals surface area contributed by atoms with Gasteiger partial charge in [0.15, 0.2) is 0 Å². The van der Waals surface area contributed by atoms with E-state index in [2.05, 4.69) is 16.8 Å². The molecule has 0 spiro atoms. The number of nitrogens with zero attached hydrogens (tertiary/aromatic N) is 3. The Morgan fingerprint density at radius 2 is 1.72 bits per heavy atom. The zero-order chi connectivity index (χ0) is 17.6. The molecule has 0 aliphatic carbocycles. The van der Waals surface area contributed by atoms with Gasteiger partial charge in [0.2, 0.25) is 10.0 Å². The standard InChI is InChI=1S/C18H23N3O2S2/c1-13-18(24-14(2)19-13)12-20-8-15-10-21(11-16(15)9-20)25(22,23)17-6-4-3-5-7-17/h3-7,15-16H,8-12H2,1-2H3. The SMILES string of the molecule is Cc1nc(C)c(CN2CC3CN(S(=O)(=O)c4ccccc4)CC3C2)s1. The summed E-state index contributed by atoms with van der Waals surface area (Å²) in [4.78, 5) is 8.71. The van der Waals surface area contributed by atoms with Crippen molar-refractivity contribution >= 4 is 21.4 Å². The molecule has 2 aliphatic rings. The normalized spacial score (nSPS) is 24.7. The third-order valence-corrected chi connectivity index (χ3v) is 8.18. The molecule has 2 atom stereocenters. The van der Waals surface area contributed by atoms with E-state index in [4.69, 9.17) is 0 Å². The van der Waals surface area contributed by atoms with Crippen LogP contribution in [-0.4, -0.2) is 48.8 Å². The Bertz CT molecular complexity index is 850. The van der Waals surface area contributed by atoms with E-state index in [0.29, 0.717) is 29.8 Å². The molecule has 1 aromatic heterocycles. The van der Waals surface area contributed by atoms with Crippen LogP contribution in [0.1, 0.15) is 15.6 Å². The highest BCUT2D eigenvalue weighted by Gasteiger charge is 2.44. The van der Waals surface area contributed by atoms with Crippen LogP contribution in [0.2, 0.25) is 0 Å². The number of likely N-dealkylation sites (tertiary alicyclic amines) is 1. The minimum atomic E-state index is -3.35. The van der Waals surface area contributed by atoms with Crippen LogP contribution in [0.15, 0.2) is 35.2 Å². The van der Waals surface area contributed by atoms with Crippen molar-refractivity contribution in [1.29, 1.82) is 0 Å². The highest BCUT2D eigenvalue weighted by atomic mass is 32.2. The maximum Gasteiger partial charge on any atom is 0.243 e. The fourth-order valence-electron chi connectivity index (χ4n) is 4.04. The summed E-state index contributed by atoms with van der Waals surface area (Å²) < 4.78 is 27.3. The zero-order valence-electron chi connectivity index (χ0n) is 14.6. The van der Waals surface area contributed by atoms with Gasteiger partial charge < -0.3 is 0 Å². The number of benzene rings is 1. The first-order chi connectivity index (χ1) is 11.9. The van der Waals surface area contributed by atoms with Gasteiger partial charge in [0.25, 0.3) is 0 Å². The molecule has 0 bridgehead atoms. The fraction of sp³-hybridized carbons (Fsp3) is 0.500. The molecule has 3 heterocycles. The summed E-state index contributed by atoms with van der Waals surface area (Å²) in [5.41, 5.74) is 1.13. The number of hydrogen-bond donors (Lipinski definition) is 0. The van der Waals surface area contributed by atoms with Crippen molar-refractivity contribution in [2.24, 2.45) is 11.8 Å². The minimum absolute atomic E-state index is 0.405. The Balaban J connectivity index is 1.42. The van der Waals surface area contributed by atoms with Gasteiger partial charge in [-0.25, -0.2) is 13.4 Å². The van der Waals surface area contributed by atoms with E-state index in [0.717, 1.165) is 30.3 Å². The molecule has 0 saturated carbocycles. The van der Waals surface area contributed by atoms with Gasteiger partial charge in [0, 0.05) is 37.6 Å². The first-order valence-corrected chi connectivity index (χ1v) is 10.9. The van der Waals surface area contributed by atoms with E-state index in [-0.39, 0.29) is 0 Å².